The number of aryl methyl sites for hydroxylation is 2. The first-order chi connectivity index (χ1) is 8.16. The van der Waals surface area contributed by atoms with Crippen molar-refractivity contribution in [1.29, 1.82) is 0 Å². The monoisotopic (exact) mass is 253 g/mol. The van der Waals surface area contributed by atoms with E-state index in [0.717, 1.165) is 44.3 Å². The van der Waals surface area contributed by atoms with Crippen molar-refractivity contribution >= 4 is 11.6 Å². The molecule has 0 saturated carbocycles. The highest BCUT2D eigenvalue weighted by Crippen LogP contribution is 2.21. The van der Waals surface area contributed by atoms with E-state index in [4.69, 9.17) is 16.3 Å². The second kappa shape index (κ2) is 5.85. The Morgan fingerprint density at radius 3 is 2.53 bits per heavy atom. The molecule has 0 aromatic heterocycles. The van der Waals surface area contributed by atoms with Gasteiger partial charge in [-0.1, -0.05) is 17.7 Å². The molecule has 1 saturated heterocycles. The fourth-order valence-electron chi connectivity index (χ4n) is 2.14. The molecule has 3 heteroatoms. The van der Waals surface area contributed by atoms with E-state index in [9.17, 15) is 0 Å². The number of hydrogen-bond donors (Lipinski definition) is 0. The molecule has 0 aliphatic carbocycles. The van der Waals surface area contributed by atoms with Crippen LogP contribution in [0, 0.1) is 13.8 Å². The zero-order chi connectivity index (χ0) is 12.3. The maximum absolute atomic E-state index is 6.28. The molecule has 1 heterocycles. The van der Waals surface area contributed by atoms with Crippen LogP contribution in [0.25, 0.3) is 0 Å². The van der Waals surface area contributed by atoms with Crippen molar-refractivity contribution in [3.8, 4) is 0 Å². The van der Waals surface area contributed by atoms with E-state index >= 15 is 0 Å². The molecule has 1 aromatic rings. The van der Waals surface area contributed by atoms with Gasteiger partial charge in [0.25, 0.3) is 0 Å². The van der Waals surface area contributed by atoms with Crippen LogP contribution in [0.5, 0.6) is 0 Å². The third kappa shape index (κ3) is 3.44. The highest BCUT2D eigenvalue weighted by Gasteiger charge is 2.11. The van der Waals surface area contributed by atoms with Crippen LogP contribution in [0.3, 0.4) is 0 Å². The second-order valence-electron chi connectivity index (χ2n) is 4.73. The summed E-state index contributed by atoms with van der Waals surface area (Å²) in [7, 11) is 0. The van der Waals surface area contributed by atoms with Gasteiger partial charge in [0.05, 0.1) is 13.2 Å². The topological polar surface area (TPSA) is 12.5 Å². The molecule has 0 N–H and O–H groups in total. The summed E-state index contributed by atoms with van der Waals surface area (Å²) in [5.41, 5.74) is 3.86. The van der Waals surface area contributed by atoms with Crippen molar-refractivity contribution in [2.75, 3.05) is 32.8 Å². The molecule has 17 heavy (non-hydrogen) atoms. The number of nitrogens with zero attached hydrogens (tertiary/aromatic N) is 1. The molecular formula is C14H20ClNO. The van der Waals surface area contributed by atoms with Gasteiger partial charge in [-0.3, -0.25) is 4.90 Å². The van der Waals surface area contributed by atoms with Gasteiger partial charge in [-0.05, 0) is 43.0 Å². The van der Waals surface area contributed by atoms with Crippen LogP contribution in [0.4, 0.5) is 0 Å². The second-order valence-corrected chi connectivity index (χ2v) is 5.14. The average Bonchev–Trinajstić information content (AvgIpc) is 2.33. The molecule has 2 nitrogen and oxygen atoms in total. The van der Waals surface area contributed by atoms with Crippen LogP contribution in [-0.4, -0.2) is 37.7 Å². The standard InChI is InChI=1S/C14H20ClNO/c1-11-9-13(14(15)10-12(11)2)3-4-16-5-7-17-8-6-16/h9-10H,3-8H2,1-2H3. The van der Waals surface area contributed by atoms with E-state index < -0.39 is 0 Å². The van der Waals surface area contributed by atoms with Gasteiger partial charge >= 0.3 is 0 Å². The van der Waals surface area contributed by atoms with Gasteiger partial charge < -0.3 is 4.74 Å². The highest BCUT2D eigenvalue weighted by atomic mass is 35.5. The Bertz CT molecular complexity index is 386. The molecule has 0 spiro atoms. The number of benzene rings is 1. The fourth-order valence-corrected chi connectivity index (χ4v) is 2.45. The van der Waals surface area contributed by atoms with Crippen molar-refractivity contribution < 1.29 is 4.74 Å². The lowest BCUT2D eigenvalue weighted by Gasteiger charge is -2.26. The minimum Gasteiger partial charge on any atom is -0.379 e. The zero-order valence-corrected chi connectivity index (χ0v) is 11.4. The molecule has 0 bridgehead atoms. The third-order valence-corrected chi connectivity index (χ3v) is 3.82. The van der Waals surface area contributed by atoms with Gasteiger partial charge in [-0.25, -0.2) is 0 Å². The highest BCUT2D eigenvalue weighted by molar-refractivity contribution is 6.31. The maximum atomic E-state index is 6.28. The quantitative estimate of drug-likeness (QED) is 0.822. The van der Waals surface area contributed by atoms with E-state index in [1.165, 1.54) is 16.7 Å². The third-order valence-electron chi connectivity index (χ3n) is 3.46. The van der Waals surface area contributed by atoms with Gasteiger partial charge in [0.2, 0.25) is 0 Å². The predicted octanol–water partition coefficient (Wildman–Crippen LogP) is 2.83. The van der Waals surface area contributed by atoms with Crippen molar-refractivity contribution in [2.45, 2.75) is 20.3 Å². The molecule has 0 radical (unpaired) electrons. The van der Waals surface area contributed by atoms with Crippen molar-refractivity contribution in [3.05, 3.63) is 33.8 Å². The number of ether oxygens (including phenoxy) is 1. The molecule has 0 unspecified atom stereocenters. The van der Waals surface area contributed by atoms with Crippen LogP contribution >= 0.6 is 11.6 Å². The SMILES string of the molecule is Cc1cc(Cl)c(CCN2CCOCC2)cc1C. The summed E-state index contributed by atoms with van der Waals surface area (Å²) >= 11 is 6.28. The van der Waals surface area contributed by atoms with E-state index in [-0.39, 0.29) is 0 Å². The largest absolute Gasteiger partial charge is 0.379 e. The molecule has 1 aromatic carbocycles. The molecule has 1 aliphatic rings. The molecule has 1 aliphatic heterocycles. The molecule has 0 amide bonds. The Balaban J connectivity index is 1.96. The average molecular weight is 254 g/mol. The summed E-state index contributed by atoms with van der Waals surface area (Å²) in [6.07, 6.45) is 1.03. The van der Waals surface area contributed by atoms with Crippen LogP contribution in [-0.2, 0) is 11.2 Å². The summed E-state index contributed by atoms with van der Waals surface area (Å²) in [6, 6.07) is 4.30. The van der Waals surface area contributed by atoms with Crippen molar-refractivity contribution in [1.82, 2.24) is 4.90 Å². The van der Waals surface area contributed by atoms with Crippen LogP contribution in [0.15, 0.2) is 12.1 Å². The molecule has 1 fully saturated rings. The van der Waals surface area contributed by atoms with Gasteiger partial charge in [0.1, 0.15) is 0 Å². The number of halogens is 1. The first-order valence-electron chi connectivity index (χ1n) is 6.22. The molecular weight excluding hydrogens is 234 g/mol. The van der Waals surface area contributed by atoms with Gasteiger partial charge in [-0.2, -0.15) is 0 Å². The van der Waals surface area contributed by atoms with Crippen LogP contribution in [0.2, 0.25) is 5.02 Å². The summed E-state index contributed by atoms with van der Waals surface area (Å²) in [6.45, 7) is 9.13. The van der Waals surface area contributed by atoms with E-state index in [1.807, 2.05) is 0 Å². The normalized spacial score (nSPS) is 17.4. The first-order valence-corrected chi connectivity index (χ1v) is 6.60. The van der Waals surface area contributed by atoms with Gasteiger partial charge in [0.15, 0.2) is 0 Å². The van der Waals surface area contributed by atoms with E-state index in [1.54, 1.807) is 0 Å². The van der Waals surface area contributed by atoms with E-state index in [2.05, 4.69) is 30.9 Å². The minimum atomic E-state index is 0.862. The van der Waals surface area contributed by atoms with Gasteiger partial charge in [-0.15, -0.1) is 0 Å². The summed E-state index contributed by atoms with van der Waals surface area (Å²) in [4.78, 5) is 2.44. The van der Waals surface area contributed by atoms with Crippen LogP contribution in [0.1, 0.15) is 16.7 Å². The summed E-state index contributed by atoms with van der Waals surface area (Å²) in [5, 5.41) is 0.904. The van der Waals surface area contributed by atoms with Crippen molar-refractivity contribution in [3.63, 3.8) is 0 Å². The lowest BCUT2D eigenvalue weighted by Crippen LogP contribution is -2.37. The predicted molar refractivity (Wildman–Crippen MR) is 71.9 cm³/mol. The fraction of sp³-hybridized carbons (Fsp3) is 0.571. The number of rotatable bonds is 3. The van der Waals surface area contributed by atoms with Crippen molar-refractivity contribution in [2.24, 2.45) is 0 Å². The molecule has 2 rings (SSSR count). The summed E-state index contributed by atoms with van der Waals surface area (Å²) < 4.78 is 5.34. The first kappa shape index (κ1) is 12.9. The Hall–Kier alpha value is -0.570. The Morgan fingerprint density at radius 1 is 1.18 bits per heavy atom. The Kier molecular flexibility index (Phi) is 4.43. The van der Waals surface area contributed by atoms with Crippen LogP contribution < -0.4 is 0 Å². The minimum absolute atomic E-state index is 0.862. The Labute approximate surface area is 109 Å². The number of hydrogen-bond acceptors (Lipinski definition) is 2. The maximum Gasteiger partial charge on any atom is 0.0594 e. The lowest BCUT2D eigenvalue weighted by molar-refractivity contribution is 0.0384. The van der Waals surface area contributed by atoms with E-state index in [0.29, 0.717) is 0 Å². The molecule has 94 valence electrons. The lowest BCUT2D eigenvalue weighted by atomic mass is 10.0. The number of morpholine rings is 1. The Morgan fingerprint density at radius 2 is 1.82 bits per heavy atom. The zero-order valence-electron chi connectivity index (χ0n) is 10.6. The summed E-state index contributed by atoms with van der Waals surface area (Å²) in [5.74, 6) is 0. The van der Waals surface area contributed by atoms with Gasteiger partial charge in [0, 0.05) is 24.7 Å². The smallest absolute Gasteiger partial charge is 0.0594 e. The molecule has 0 atom stereocenters.